The maximum atomic E-state index is 12.8. The first-order chi connectivity index (χ1) is 15.5. The van der Waals surface area contributed by atoms with Crippen LogP contribution in [0.3, 0.4) is 0 Å². The van der Waals surface area contributed by atoms with Crippen molar-refractivity contribution in [2.75, 3.05) is 18.5 Å². The van der Waals surface area contributed by atoms with Crippen molar-refractivity contribution in [2.24, 2.45) is 0 Å². The molecule has 1 unspecified atom stereocenters. The fourth-order valence-corrected chi connectivity index (χ4v) is 4.11. The quantitative estimate of drug-likeness (QED) is 0.336. The summed E-state index contributed by atoms with van der Waals surface area (Å²) in [6.07, 6.45) is -0.916. The van der Waals surface area contributed by atoms with E-state index < -0.39 is 22.9 Å². The van der Waals surface area contributed by atoms with Gasteiger partial charge < -0.3 is 19.5 Å². The molecule has 1 atom stereocenters. The van der Waals surface area contributed by atoms with Crippen molar-refractivity contribution in [1.29, 1.82) is 0 Å². The molecule has 32 heavy (non-hydrogen) atoms. The molecule has 1 N–H and O–H groups in total. The number of nitrogens with one attached hydrogen (secondary N) is 1. The summed E-state index contributed by atoms with van der Waals surface area (Å²) in [5.41, 5.74) is 0.703. The van der Waals surface area contributed by atoms with Gasteiger partial charge in [0.15, 0.2) is 11.5 Å². The predicted octanol–water partition coefficient (Wildman–Crippen LogP) is 4.28. The fraction of sp³-hybridized carbons (Fsp3) is 0.182. The minimum absolute atomic E-state index is 0.0134. The molecule has 0 radical (unpaired) electrons. The van der Waals surface area contributed by atoms with Gasteiger partial charge in [-0.15, -0.1) is 11.3 Å². The second kappa shape index (κ2) is 9.06. The molecule has 1 amide bonds. The van der Waals surface area contributed by atoms with Crippen molar-refractivity contribution in [3.8, 4) is 21.9 Å². The maximum Gasteiger partial charge on any atom is 0.350 e. The van der Waals surface area contributed by atoms with Gasteiger partial charge in [0.05, 0.1) is 17.2 Å². The molecule has 0 saturated carbocycles. The van der Waals surface area contributed by atoms with Crippen LogP contribution in [0.25, 0.3) is 10.4 Å². The molecule has 0 bridgehead atoms. The van der Waals surface area contributed by atoms with Gasteiger partial charge in [0.2, 0.25) is 6.10 Å². The van der Waals surface area contributed by atoms with E-state index >= 15 is 0 Å². The number of amides is 1. The van der Waals surface area contributed by atoms with Crippen LogP contribution in [-0.2, 0) is 9.53 Å². The van der Waals surface area contributed by atoms with Crippen LogP contribution in [0, 0.1) is 10.1 Å². The Hall–Kier alpha value is -3.92. The Balaban J connectivity index is 1.61. The summed E-state index contributed by atoms with van der Waals surface area (Å²) in [7, 11) is 0. The van der Waals surface area contributed by atoms with E-state index in [1.165, 1.54) is 12.1 Å². The summed E-state index contributed by atoms with van der Waals surface area (Å²) in [5.74, 6) is -0.0940. The van der Waals surface area contributed by atoms with Gasteiger partial charge in [-0.3, -0.25) is 14.9 Å². The Morgan fingerprint density at radius 1 is 1.19 bits per heavy atom. The monoisotopic (exact) mass is 454 g/mol. The van der Waals surface area contributed by atoms with Gasteiger partial charge in [0.25, 0.3) is 11.6 Å². The Kier molecular flexibility index (Phi) is 6.04. The SMILES string of the molecule is CCOC(=O)c1sc(-c2cccc([N+](=O)[O-])c2)cc1NC(=O)C1COc2ccccc2O1. The molecule has 0 spiro atoms. The first-order valence-corrected chi connectivity index (χ1v) is 10.5. The molecule has 9 nitrogen and oxygen atoms in total. The Morgan fingerprint density at radius 2 is 1.97 bits per heavy atom. The summed E-state index contributed by atoms with van der Waals surface area (Å²) in [6.45, 7) is 1.85. The van der Waals surface area contributed by atoms with Gasteiger partial charge in [-0.05, 0) is 30.7 Å². The Bertz CT molecular complexity index is 1190. The van der Waals surface area contributed by atoms with Crippen molar-refractivity contribution in [2.45, 2.75) is 13.0 Å². The number of esters is 1. The number of para-hydroxylation sites is 2. The van der Waals surface area contributed by atoms with Crippen LogP contribution in [-0.4, -0.2) is 36.1 Å². The standard InChI is InChI=1S/C22H18N2O7S/c1-2-29-22(26)20-15(11-19(32-20)13-6-5-7-14(10-13)24(27)28)23-21(25)18-12-30-16-8-3-4-9-17(16)31-18/h3-11,18H,2,12H2,1H3,(H,23,25). The lowest BCUT2D eigenvalue weighted by molar-refractivity contribution is -0.384. The van der Waals surface area contributed by atoms with Crippen molar-refractivity contribution in [3.63, 3.8) is 0 Å². The first kappa shape index (κ1) is 21.3. The molecule has 0 saturated heterocycles. The zero-order valence-electron chi connectivity index (χ0n) is 16.9. The fourth-order valence-electron chi connectivity index (χ4n) is 3.11. The summed E-state index contributed by atoms with van der Waals surface area (Å²) >= 11 is 1.07. The molecule has 0 fully saturated rings. The van der Waals surface area contributed by atoms with Crippen molar-refractivity contribution < 1.29 is 28.7 Å². The number of fused-ring (bicyclic) bond motifs is 1. The number of hydrogen-bond donors (Lipinski definition) is 1. The number of thiophene rings is 1. The molecular formula is C22H18N2O7S. The van der Waals surface area contributed by atoms with Gasteiger partial charge >= 0.3 is 5.97 Å². The second-order valence-corrected chi connectivity index (χ2v) is 7.79. The predicted molar refractivity (Wildman–Crippen MR) is 117 cm³/mol. The Morgan fingerprint density at radius 3 is 2.72 bits per heavy atom. The molecule has 2 aromatic carbocycles. The lowest BCUT2D eigenvalue weighted by Gasteiger charge is -2.25. The third-order valence-corrected chi connectivity index (χ3v) is 5.76. The molecular weight excluding hydrogens is 436 g/mol. The van der Waals surface area contributed by atoms with E-state index in [1.807, 2.05) is 0 Å². The number of ether oxygens (including phenoxy) is 3. The summed E-state index contributed by atoms with van der Waals surface area (Å²) in [5, 5.41) is 13.8. The molecule has 2 heterocycles. The number of carbonyl (C=O) groups excluding carboxylic acids is 2. The first-order valence-electron chi connectivity index (χ1n) is 9.71. The van der Waals surface area contributed by atoms with Crippen LogP contribution in [0.2, 0.25) is 0 Å². The van der Waals surface area contributed by atoms with Crippen LogP contribution in [0.15, 0.2) is 54.6 Å². The molecule has 0 aliphatic carbocycles. The highest BCUT2D eigenvalue weighted by Crippen LogP contribution is 2.37. The lowest BCUT2D eigenvalue weighted by Crippen LogP contribution is -2.40. The molecule has 164 valence electrons. The van der Waals surface area contributed by atoms with E-state index in [4.69, 9.17) is 14.2 Å². The highest BCUT2D eigenvalue weighted by Gasteiger charge is 2.29. The van der Waals surface area contributed by atoms with Crippen molar-refractivity contribution in [1.82, 2.24) is 0 Å². The molecule has 10 heteroatoms. The second-order valence-electron chi connectivity index (χ2n) is 6.73. The van der Waals surface area contributed by atoms with E-state index in [0.29, 0.717) is 21.9 Å². The summed E-state index contributed by atoms with van der Waals surface area (Å²) in [4.78, 5) is 36.7. The third-order valence-electron chi connectivity index (χ3n) is 4.59. The van der Waals surface area contributed by atoms with Gasteiger partial charge in [-0.1, -0.05) is 24.3 Å². The number of carbonyl (C=O) groups is 2. The highest BCUT2D eigenvalue weighted by atomic mass is 32.1. The van der Waals surface area contributed by atoms with Crippen LogP contribution < -0.4 is 14.8 Å². The highest BCUT2D eigenvalue weighted by molar-refractivity contribution is 7.18. The molecule has 4 rings (SSSR count). The largest absolute Gasteiger partial charge is 0.485 e. The van der Waals surface area contributed by atoms with Crippen LogP contribution in [0.4, 0.5) is 11.4 Å². The number of benzene rings is 2. The van der Waals surface area contributed by atoms with Crippen LogP contribution in [0.1, 0.15) is 16.6 Å². The maximum absolute atomic E-state index is 12.8. The zero-order chi connectivity index (χ0) is 22.7. The minimum atomic E-state index is -0.916. The number of non-ortho nitro benzene ring substituents is 1. The van der Waals surface area contributed by atoms with Gasteiger partial charge in [-0.2, -0.15) is 0 Å². The normalized spacial score (nSPS) is 14.5. The van der Waals surface area contributed by atoms with E-state index in [1.54, 1.807) is 49.4 Å². The summed E-state index contributed by atoms with van der Waals surface area (Å²) < 4.78 is 16.4. The number of anilines is 1. The van der Waals surface area contributed by atoms with E-state index in [9.17, 15) is 19.7 Å². The summed E-state index contributed by atoms with van der Waals surface area (Å²) in [6, 6.07) is 14.6. The molecule has 1 aliphatic heterocycles. The average molecular weight is 454 g/mol. The van der Waals surface area contributed by atoms with E-state index in [0.717, 1.165) is 11.3 Å². The number of rotatable bonds is 6. The minimum Gasteiger partial charge on any atom is -0.485 e. The molecule has 1 aliphatic rings. The average Bonchev–Trinajstić information content (AvgIpc) is 3.23. The molecule has 1 aromatic heterocycles. The third kappa shape index (κ3) is 4.40. The van der Waals surface area contributed by atoms with Crippen molar-refractivity contribution >= 4 is 34.6 Å². The number of nitro groups is 1. The topological polar surface area (TPSA) is 117 Å². The van der Waals surface area contributed by atoms with E-state index in [-0.39, 0.29) is 29.5 Å². The lowest BCUT2D eigenvalue weighted by atomic mass is 10.1. The molecule has 3 aromatic rings. The van der Waals surface area contributed by atoms with Gasteiger partial charge in [0.1, 0.15) is 11.5 Å². The Labute approximate surface area is 186 Å². The van der Waals surface area contributed by atoms with Crippen molar-refractivity contribution in [3.05, 3.63) is 69.6 Å². The van der Waals surface area contributed by atoms with Gasteiger partial charge in [0, 0.05) is 17.0 Å². The number of nitrogens with zero attached hydrogens (tertiary/aromatic N) is 1. The van der Waals surface area contributed by atoms with Crippen LogP contribution >= 0.6 is 11.3 Å². The number of nitro benzene ring substituents is 1. The van der Waals surface area contributed by atoms with E-state index in [2.05, 4.69) is 5.32 Å². The number of hydrogen-bond acceptors (Lipinski definition) is 8. The van der Waals surface area contributed by atoms with Crippen LogP contribution in [0.5, 0.6) is 11.5 Å². The smallest absolute Gasteiger partial charge is 0.350 e. The van der Waals surface area contributed by atoms with Gasteiger partial charge in [-0.25, -0.2) is 4.79 Å². The zero-order valence-corrected chi connectivity index (χ0v) is 17.7.